The van der Waals surface area contributed by atoms with Crippen LogP contribution in [0.1, 0.15) is 31.8 Å². The maximum Gasteiger partial charge on any atom is 0.344 e. The van der Waals surface area contributed by atoms with Crippen LogP contribution in [0.25, 0.3) is 0 Å². The average molecular weight is 598 g/mol. The van der Waals surface area contributed by atoms with Gasteiger partial charge in [0.25, 0.3) is 0 Å². The van der Waals surface area contributed by atoms with Crippen LogP contribution in [0.5, 0.6) is 17.2 Å². The van der Waals surface area contributed by atoms with Gasteiger partial charge in [0.05, 0.1) is 20.9 Å². The minimum atomic E-state index is -3.95. The fourth-order valence-electron chi connectivity index (χ4n) is 3.72. The number of sulfone groups is 1. The van der Waals surface area contributed by atoms with Crippen LogP contribution in [-0.4, -0.2) is 30.7 Å². The number of carboxylic acid groups (broad SMARTS) is 1. The lowest BCUT2D eigenvalue weighted by Gasteiger charge is -2.10. The summed E-state index contributed by atoms with van der Waals surface area (Å²) in [6.07, 6.45) is 0. The molecule has 0 aromatic heterocycles. The van der Waals surface area contributed by atoms with E-state index in [1.807, 2.05) is 0 Å². The van der Waals surface area contributed by atoms with Crippen molar-refractivity contribution in [2.24, 2.45) is 5.90 Å². The molecule has 0 saturated heterocycles. The number of nitrogens with two attached hydrogens (primary N) is 1. The zero-order valence-corrected chi connectivity index (χ0v) is 22.4. The van der Waals surface area contributed by atoms with Gasteiger partial charge in [0.2, 0.25) is 9.84 Å². The predicted molar refractivity (Wildman–Crippen MR) is 142 cm³/mol. The fraction of sp³-hybridized carbons (Fsp3) is 0.0714. The molecule has 0 aliphatic carbocycles. The molecule has 4 rings (SSSR count). The summed E-state index contributed by atoms with van der Waals surface area (Å²) in [6.45, 7) is 0.0327. The van der Waals surface area contributed by atoms with Gasteiger partial charge in [-0.1, -0.05) is 29.3 Å². The monoisotopic (exact) mass is 597 g/mol. The number of carbonyl (C=O) groups excluding carboxylic acids is 1. The van der Waals surface area contributed by atoms with Crippen molar-refractivity contribution in [3.63, 3.8) is 0 Å². The van der Waals surface area contributed by atoms with Crippen molar-refractivity contribution in [3.8, 4) is 17.2 Å². The Kier molecular flexibility index (Phi) is 9.82. The lowest BCUT2D eigenvalue weighted by atomic mass is 10.1. The molecule has 13 nitrogen and oxygen atoms in total. The molecule has 0 amide bonds. The third-order valence-electron chi connectivity index (χ3n) is 5.77. The Labute approximate surface area is 238 Å². The topological polar surface area (TPSA) is 190 Å². The lowest BCUT2D eigenvalue weighted by molar-refractivity contribution is -0.253. The molecule has 4 aromatic rings. The Morgan fingerprint density at radius 3 is 1.86 bits per heavy atom. The molecule has 0 unspecified atom stereocenters. The van der Waals surface area contributed by atoms with Crippen LogP contribution >= 0.6 is 0 Å². The Balaban J connectivity index is 1.41. The molecular formula is C28H23NO12S. The van der Waals surface area contributed by atoms with Crippen molar-refractivity contribution in [2.45, 2.75) is 23.0 Å². The van der Waals surface area contributed by atoms with Gasteiger partial charge in [0, 0.05) is 0 Å². The molecule has 4 aromatic carbocycles. The van der Waals surface area contributed by atoms with Gasteiger partial charge < -0.3 is 19.6 Å². The first-order valence-electron chi connectivity index (χ1n) is 11.9. The molecule has 0 aliphatic heterocycles. The summed E-state index contributed by atoms with van der Waals surface area (Å²) in [5.74, 6) is 2.58. The third kappa shape index (κ3) is 7.27. The number of carboxylic acids is 1. The quantitative estimate of drug-likeness (QED) is 0.0864. The normalized spacial score (nSPS) is 11.1. The van der Waals surface area contributed by atoms with Gasteiger partial charge in [-0.25, -0.2) is 22.9 Å². The zero-order chi connectivity index (χ0) is 30.1. The van der Waals surface area contributed by atoms with E-state index in [0.717, 1.165) is 17.7 Å². The summed E-state index contributed by atoms with van der Waals surface area (Å²) >= 11 is 0. The van der Waals surface area contributed by atoms with Crippen molar-refractivity contribution in [1.29, 1.82) is 0 Å². The molecule has 0 aliphatic rings. The molecule has 0 saturated carbocycles. The van der Waals surface area contributed by atoms with Gasteiger partial charge in [0.1, 0.15) is 19.0 Å². The fourth-order valence-corrected chi connectivity index (χ4v) is 4.98. The lowest BCUT2D eigenvalue weighted by Crippen LogP contribution is -2.15. The second kappa shape index (κ2) is 13.7. The van der Waals surface area contributed by atoms with Crippen molar-refractivity contribution in [3.05, 3.63) is 113 Å². The number of ether oxygens (including phenoxy) is 1. The average Bonchev–Trinajstić information content (AvgIpc) is 2.99. The molecule has 0 spiro atoms. The van der Waals surface area contributed by atoms with E-state index >= 15 is 0 Å². The minimum Gasteiger partial charge on any atom is -0.478 e. The SMILES string of the molecule is NOOc1ccc(C(=O)O)c(C(=O)Oc2ccc(S(=O)(=O)c3ccc(OOCc4ccccc4COO)cc3)cc2)c1. The Morgan fingerprint density at radius 1 is 0.714 bits per heavy atom. The van der Waals surface area contributed by atoms with Gasteiger partial charge in [-0.15, -0.1) is 0 Å². The summed E-state index contributed by atoms with van der Waals surface area (Å²) in [7, 11) is -3.95. The van der Waals surface area contributed by atoms with E-state index in [-0.39, 0.29) is 51.4 Å². The molecule has 218 valence electrons. The smallest absolute Gasteiger partial charge is 0.344 e. The summed E-state index contributed by atoms with van der Waals surface area (Å²) in [4.78, 5) is 47.4. The maximum atomic E-state index is 13.1. The van der Waals surface area contributed by atoms with Crippen LogP contribution in [0.15, 0.2) is 101 Å². The minimum absolute atomic E-state index is 0.0183. The molecule has 14 heteroatoms. The van der Waals surface area contributed by atoms with Gasteiger partial charge >= 0.3 is 11.9 Å². The van der Waals surface area contributed by atoms with Crippen LogP contribution in [-0.2, 0) is 37.8 Å². The highest BCUT2D eigenvalue weighted by atomic mass is 32.2. The molecule has 0 heterocycles. The Morgan fingerprint density at radius 2 is 1.29 bits per heavy atom. The summed E-state index contributed by atoms with van der Waals surface area (Å²) in [5, 5.41) is 18.1. The van der Waals surface area contributed by atoms with E-state index in [2.05, 4.69) is 14.8 Å². The highest BCUT2D eigenvalue weighted by Gasteiger charge is 2.22. The van der Waals surface area contributed by atoms with E-state index in [1.165, 1.54) is 54.6 Å². The Hall–Kier alpha value is -4.83. The van der Waals surface area contributed by atoms with E-state index in [9.17, 15) is 23.1 Å². The number of esters is 1. The van der Waals surface area contributed by atoms with Gasteiger partial charge in [-0.05, 0) is 77.9 Å². The number of hydrogen-bond acceptors (Lipinski definition) is 12. The summed E-state index contributed by atoms with van der Waals surface area (Å²) in [6, 6.07) is 21.0. The number of carbonyl (C=O) groups is 2. The van der Waals surface area contributed by atoms with Crippen molar-refractivity contribution in [1.82, 2.24) is 0 Å². The summed E-state index contributed by atoms with van der Waals surface area (Å²) in [5.41, 5.74) is 0.731. The first-order chi connectivity index (χ1) is 20.2. The van der Waals surface area contributed by atoms with Gasteiger partial charge in [-0.2, -0.15) is 10.8 Å². The molecule has 42 heavy (non-hydrogen) atoms. The van der Waals surface area contributed by atoms with Crippen molar-refractivity contribution >= 4 is 21.8 Å². The van der Waals surface area contributed by atoms with Crippen LogP contribution in [0.2, 0.25) is 0 Å². The molecule has 0 bridgehead atoms. The number of hydrogen-bond donors (Lipinski definition) is 3. The molecule has 0 atom stereocenters. The first kappa shape index (κ1) is 30.1. The highest BCUT2D eigenvalue weighted by Crippen LogP contribution is 2.26. The van der Waals surface area contributed by atoms with Crippen LogP contribution in [0.3, 0.4) is 0 Å². The second-order valence-corrected chi connectivity index (χ2v) is 10.4. The van der Waals surface area contributed by atoms with Gasteiger partial charge in [0.15, 0.2) is 11.5 Å². The van der Waals surface area contributed by atoms with Gasteiger partial charge in [-0.3, -0.25) is 5.26 Å². The van der Waals surface area contributed by atoms with E-state index in [4.69, 9.17) is 25.7 Å². The van der Waals surface area contributed by atoms with E-state index < -0.39 is 21.8 Å². The summed E-state index contributed by atoms with van der Waals surface area (Å²) < 4.78 is 31.4. The van der Waals surface area contributed by atoms with E-state index in [1.54, 1.807) is 24.3 Å². The predicted octanol–water partition coefficient (Wildman–Crippen LogP) is 4.12. The Bertz CT molecular complexity index is 1660. The number of rotatable bonds is 13. The zero-order valence-electron chi connectivity index (χ0n) is 21.5. The molecule has 0 fully saturated rings. The van der Waals surface area contributed by atoms with E-state index in [0.29, 0.717) is 5.56 Å². The van der Waals surface area contributed by atoms with Crippen LogP contribution in [0, 0.1) is 0 Å². The molecule has 0 radical (unpaired) electrons. The molecular weight excluding hydrogens is 574 g/mol. The van der Waals surface area contributed by atoms with Crippen molar-refractivity contribution in [2.75, 3.05) is 0 Å². The standard InChI is InChI=1S/C28H23NO12S/c29-41-40-22-9-14-25(27(30)31)26(15-22)28(32)38-20-5-10-23(11-6-20)42(34,35)24-12-7-21(8-13-24)39-37-17-19-4-2-1-3-18(19)16-36-33/h1-15,33H,16-17,29H2,(H,30,31). The van der Waals surface area contributed by atoms with Crippen LogP contribution < -0.4 is 20.4 Å². The highest BCUT2D eigenvalue weighted by molar-refractivity contribution is 7.91. The number of benzene rings is 4. The first-order valence-corrected chi connectivity index (χ1v) is 13.4. The second-order valence-electron chi connectivity index (χ2n) is 8.42. The molecule has 4 N–H and O–H groups in total. The number of aromatic carboxylic acids is 1. The third-order valence-corrected chi connectivity index (χ3v) is 7.56. The maximum absolute atomic E-state index is 13.1. The largest absolute Gasteiger partial charge is 0.478 e. The van der Waals surface area contributed by atoms with Crippen molar-refractivity contribution < 1.29 is 57.6 Å². The van der Waals surface area contributed by atoms with Crippen LogP contribution in [0.4, 0.5) is 0 Å².